The van der Waals surface area contributed by atoms with Gasteiger partial charge in [0, 0.05) is 11.8 Å². The molecule has 0 atom stereocenters. The Morgan fingerprint density at radius 2 is 2.04 bits per heavy atom. The minimum atomic E-state index is -0.863. The molecular weight excluding hydrogens is 320 g/mol. The van der Waals surface area contributed by atoms with Crippen LogP contribution in [0.25, 0.3) is 22.8 Å². The third kappa shape index (κ3) is 2.56. The van der Waals surface area contributed by atoms with E-state index in [1.165, 1.54) is 6.07 Å². The fourth-order valence-corrected chi connectivity index (χ4v) is 2.07. The molecular formula is C14H10N4O6. The van der Waals surface area contributed by atoms with Gasteiger partial charge in [-0.15, -0.1) is 0 Å². The third-order valence-corrected chi connectivity index (χ3v) is 3.24. The maximum absolute atomic E-state index is 11.9. The summed E-state index contributed by atoms with van der Waals surface area (Å²) in [6.07, 6.45) is 0. The van der Waals surface area contributed by atoms with Crippen molar-refractivity contribution in [1.82, 2.24) is 15.1 Å². The smallest absolute Gasteiger partial charge is 0.315 e. The van der Waals surface area contributed by atoms with Crippen molar-refractivity contribution in [3.8, 4) is 34.3 Å². The summed E-state index contributed by atoms with van der Waals surface area (Å²) >= 11 is 0. The van der Waals surface area contributed by atoms with Gasteiger partial charge in [0.05, 0.1) is 16.1 Å². The predicted octanol–water partition coefficient (Wildman–Crippen LogP) is 1.72. The first kappa shape index (κ1) is 15.2. The number of aromatic hydroxyl groups is 2. The van der Waals surface area contributed by atoms with Gasteiger partial charge in [0.15, 0.2) is 5.75 Å². The van der Waals surface area contributed by atoms with Crippen LogP contribution in [0.2, 0.25) is 0 Å². The van der Waals surface area contributed by atoms with E-state index in [9.17, 15) is 25.1 Å². The molecule has 0 bridgehead atoms. The monoisotopic (exact) mass is 330 g/mol. The number of nitrogens with zero attached hydrogens (tertiary/aromatic N) is 3. The number of phenols is 2. The number of nitro groups is 1. The lowest BCUT2D eigenvalue weighted by molar-refractivity contribution is -0.385. The Bertz CT molecular complexity index is 1010. The lowest BCUT2D eigenvalue weighted by Crippen LogP contribution is -2.10. The molecule has 24 heavy (non-hydrogen) atoms. The van der Waals surface area contributed by atoms with Crippen molar-refractivity contribution in [2.75, 3.05) is 0 Å². The van der Waals surface area contributed by atoms with E-state index in [0.29, 0.717) is 5.69 Å². The second-order valence-electron chi connectivity index (χ2n) is 4.93. The Hall–Kier alpha value is -3.69. The van der Waals surface area contributed by atoms with E-state index in [1.54, 1.807) is 13.0 Å². The summed E-state index contributed by atoms with van der Waals surface area (Å²) in [6, 6.07) is 5.19. The molecule has 0 spiro atoms. The van der Waals surface area contributed by atoms with Crippen molar-refractivity contribution in [2.45, 2.75) is 6.92 Å². The van der Waals surface area contributed by atoms with Crippen LogP contribution in [-0.4, -0.2) is 30.3 Å². The SMILES string of the molecule is Cc1ccc(-c2noc(-c3cc(O)c(O)c([N+](=O)[O-])c3)n2)c(=O)[nH]1. The van der Waals surface area contributed by atoms with Crippen LogP contribution in [0.5, 0.6) is 11.5 Å². The quantitative estimate of drug-likeness (QED) is 0.372. The molecule has 0 amide bonds. The molecule has 0 aliphatic heterocycles. The fourth-order valence-electron chi connectivity index (χ4n) is 2.07. The number of pyridine rings is 1. The first-order valence-corrected chi connectivity index (χ1v) is 6.61. The molecule has 2 heterocycles. The molecule has 122 valence electrons. The summed E-state index contributed by atoms with van der Waals surface area (Å²) in [5.74, 6) is -1.73. The Morgan fingerprint density at radius 1 is 1.29 bits per heavy atom. The molecule has 0 radical (unpaired) electrons. The molecule has 0 unspecified atom stereocenters. The van der Waals surface area contributed by atoms with Crippen LogP contribution in [0.1, 0.15) is 5.69 Å². The summed E-state index contributed by atoms with van der Waals surface area (Å²) in [7, 11) is 0. The highest BCUT2D eigenvalue weighted by atomic mass is 16.6. The zero-order valence-corrected chi connectivity index (χ0v) is 12.2. The predicted molar refractivity (Wildman–Crippen MR) is 80.5 cm³/mol. The number of hydrogen-bond acceptors (Lipinski definition) is 8. The molecule has 3 rings (SSSR count). The Morgan fingerprint density at radius 3 is 2.71 bits per heavy atom. The minimum Gasteiger partial charge on any atom is -0.504 e. The summed E-state index contributed by atoms with van der Waals surface area (Å²) < 4.78 is 4.99. The lowest BCUT2D eigenvalue weighted by atomic mass is 10.1. The average Bonchev–Trinajstić information content (AvgIpc) is 2.99. The fraction of sp³-hybridized carbons (Fsp3) is 0.0714. The van der Waals surface area contributed by atoms with Crippen LogP contribution in [0, 0.1) is 17.0 Å². The highest BCUT2D eigenvalue weighted by molar-refractivity contribution is 5.68. The lowest BCUT2D eigenvalue weighted by Gasteiger charge is -2.01. The number of phenolic OH excluding ortho intramolecular Hbond substituents is 2. The van der Waals surface area contributed by atoms with E-state index in [0.717, 1.165) is 12.1 Å². The molecule has 0 saturated carbocycles. The number of rotatable bonds is 3. The number of nitro benzene ring substituents is 1. The van der Waals surface area contributed by atoms with Crippen LogP contribution in [-0.2, 0) is 0 Å². The Balaban J connectivity index is 2.08. The van der Waals surface area contributed by atoms with Crippen LogP contribution in [0.15, 0.2) is 33.6 Å². The first-order valence-electron chi connectivity index (χ1n) is 6.61. The van der Waals surface area contributed by atoms with Crippen molar-refractivity contribution >= 4 is 5.69 Å². The normalized spacial score (nSPS) is 10.7. The molecule has 10 heteroatoms. The summed E-state index contributed by atoms with van der Waals surface area (Å²) in [6.45, 7) is 1.71. The number of aryl methyl sites for hydroxylation is 1. The number of H-pyrrole nitrogens is 1. The van der Waals surface area contributed by atoms with E-state index >= 15 is 0 Å². The van der Waals surface area contributed by atoms with Gasteiger partial charge in [-0.05, 0) is 25.1 Å². The van der Waals surface area contributed by atoms with Crippen molar-refractivity contribution < 1.29 is 19.7 Å². The largest absolute Gasteiger partial charge is 0.504 e. The van der Waals surface area contributed by atoms with Gasteiger partial charge in [-0.25, -0.2) is 0 Å². The second-order valence-corrected chi connectivity index (χ2v) is 4.93. The zero-order chi connectivity index (χ0) is 17.4. The number of benzene rings is 1. The number of aromatic amines is 1. The van der Waals surface area contributed by atoms with Crippen LogP contribution in [0.4, 0.5) is 5.69 Å². The average molecular weight is 330 g/mol. The first-order chi connectivity index (χ1) is 11.4. The maximum Gasteiger partial charge on any atom is 0.315 e. The van der Waals surface area contributed by atoms with E-state index in [1.807, 2.05) is 0 Å². The molecule has 0 aliphatic rings. The Labute approximate surface area is 133 Å². The van der Waals surface area contributed by atoms with Crippen LogP contribution < -0.4 is 5.56 Å². The van der Waals surface area contributed by atoms with Gasteiger partial charge in [0.25, 0.3) is 11.4 Å². The van der Waals surface area contributed by atoms with Crippen molar-refractivity contribution in [2.24, 2.45) is 0 Å². The van der Waals surface area contributed by atoms with E-state index in [4.69, 9.17) is 4.52 Å². The molecule has 0 aliphatic carbocycles. The summed E-state index contributed by atoms with van der Waals surface area (Å²) in [5, 5.41) is 33.6. The van der Waals surface area contributed by atoms with Gasteiger partial charge in [-0.3, -0.25) is 14.9 Å². The van der Waals surface area contributed by atoms with Gasteiger partial charge >= 0.3 is 5.69 Å². The summed E-state index contributed by atoms with van der Waals surface area (Å²) in [5.41, 5.74) is -0.279. The van der Waals surface area contributed by atoms with Crippen LogP contribution in [0.3, 0.4) is 0 Å². The number of nitrogens with one attached hydrogen (secondary N) is 1. The Kier molecular flexibility index (Phi) is 3.49. The number of hydrogen-bond donors (Lipinski definition) is 3. The molecule has 3 N–H and O–H groups in total. The molecule has 1 aromatic carbocycles. The van der Waals surface area contributed by atoms with E-state index in [-0.39, 0.29) is 22.8 Å². The standard InChI is InChI=1S/C14H10N4O6/c1-6-2-3-8(13(21)15-6)12-16-14(24-17-12)7-4-9(18(22)23)11(20)10(19)5-7/h2-5,19-20H,1H3,(H,15,21). The zero-order valence-electron chi connectivity index (χ0n) is 12.2. The van der Waals surface area contributed by atoms with Crippen molar-refractivity contribution in [3.05, 3.63) is 50.4 Å². The van der Waals surface area contributed by atoms with Gasteiger partial charge in [-0.2, -0.15) is 4.98 Å². The third-order valence-electron chi connectivity index (χ3n) is 3.24. The molecule has 0 saturated heterocycles. The van der Waals surface area contributed by atoms with Gasteiger partial charge in [-0.1, -0.05) is 5.16 Å². The topological polar surface area (TPSA) is 155 Å². The molecule has 10 nitrogen and oxygen atoms in total. The number of aromatic nitrogens is 3. The van der Waals surface area contributed by atoms with Gasteiger partial charge < -0.3 is 19.7 Å². The second kappa shape index (κ2) is 5.50. The summed E-state index contributed by atoms with van der Waals surface area (Å²) in [4.78, 5) is 28.5. The van der Waals surface area contributed by atoms with Crippen molar-refractivity contribution in [3.63, 3.8) is 0 Å². The minimum absolute atomic E-state index is 0.0125. The molecule has 3 aromatic rings. The van der Waals surface area contributed by atoms with Crippen LogP contribution >= 0.6 is 0 Å². The molecule has 0 fully saturated rings. The molecule has 2 aromatic heterocycles. The van der Waals surface area contributed by atoms with Gasteiger partial charge in [0.1, 0.15) is 0 Å². The highest BCUT2D eigenvalue weighted by Crippen LogP contribution is 2.39. The van der Waals surface area contributed by atoms with E-state index in [2.05, 4.69) is 15.1 Å². The van der Waals surface area contributed by atoms with E-state index < -0.39 is 27.7 Å². The maximum atomic E-state index is 11.9. The highest BCUT2D eigenvalue weighted by Gasteiger charge is 2.22. The van der Waals surface area contributed by atoms with Gasteiger partial charge in [0.2, 0.25) is 11.6 Å². The van der Waals surface area contributed by atoms with Crippen molar-refractivity contribution in [1.29, 1.82) is 0 Å².